The maximum Gasteiger partial charge on any atom is 0.261 e. The second kappa shape index (κ2) is 5.33. The maximum absolute atomic E-state index is 12.1. The van der Waals surface area contributed by atoms with Crippen LogP contribution in [0.3, 0.4) is 0 Å². The van der Waals surface area contributed by atoms with Crippen LogP contribution in [0.25, 0.3) is 0 Å². The Morgan fingerprint density at radius 3 is 3.11 bits per heavy atom. The number of hydrogen-bond donors (Lipinski definition) is 2. The topological polar surface area (TPSA) is 64.4 Å². The second-order valence-corrected chi connectivity index (χ2v) is 5.94. The number of rotatable bonds is 2. The van der Waals surface area contributed by atoms with Crippen LogP contribution in [0, 0.1) is 11.8 Å². The first-order chi connectivity index (χ1) is 9.26. The van der Waals surface area contributed by atoms with Crippen molar-refractivity contribution in [3.05, 3.63) is 21.9 Å². The Kier molecular flexibility index (Phi) is 3.56. The lowest BCUT2D eigenvalue weighted by molar-refractivity contribution is 0.0843. The van der Waals surface area contributed by atoms with Crippen molar-refractivity contribution in [2.75, 3.05) is 6.54 Å². The number of amides is 1. The van der Waals surface area contributed by atoms with E-state index in [2.05, 4.69) is 17.2 Å². The van der Waals surface area contributed by atoms with E-state index in [0.717, 1.165) is 24.1 Å². The summed E-state index contributed by atoms with van der Waals surface area (Å²) in [6.45, 7) is 0.335. The van der Waals surface area contributed by atoms with Crippen molar-refractivity contribution in [3.8, 4) is 11.8 Å². The van der Waals surface area contributed by atoms with Gasteiger partial charge in [-0.15, -0.1) is 11.3 Å². The molecule has 100 valence electrons. The minimum Gasteiger partial charge on any atom is -0.373 e. The van der Waals surface area contributed by atoms with Crippen molar-refractivity contribution in [2.45, 2.75) is 37.5 Å². The molecule has 0 spiro atoms. The van der Waals surface area contributed by atoms with Gasteiger partial charge in [-0.05, 0) is 31.4 Å². The number of nitrogens with two attached hydrogens (primary N) is 1. The Labute approximate surface area is 116 Å². The van der Waals surface area contributed by atoms with E-state index < -0.39 is 0 Å². The zero-order valence-corrected chi connectivity index (χ0v) is 11.3. The van der Waals surface area contributed by atoms with Crippen LogP contribution >= 0.6 is 11.3 Å². The summed E-state index contributed by atoms with van der Waals surface area (Å²) in [6, 6.07) is 3.85. The van der Waals surface area contributed by atoms with Gasteiger partial charge in [-0.25, -0.2) is 0 Å². The van der Waals surface area contributed by atoms with Gasteiger partial charge in [-0.3, -0.25) is 4.79 Å². The smallest absolute Gasteiger partial charge is 0.261 e. The second-order valence-electron chi connectivity index (χ2n) is 4.86. The summed E-state index contributed by atoms with van der Waals surface area (Å²) in [5.41, 5.74) is 5.32. The Hall–Kier alpha value is -1.35. The van der Waals surface area contributed by atoms with Crippen LogP contribution in [0.1, 0.15) is 33.8 Å². The van der Waals surface area contributed by atoms with Crippen molar-refractivity contribution < 1.29 is 9.53 Å². The third kappa shape index (κ3) is 2.66. The van der Waals surface area contributed by atoms with Gasteiger partial charge in [0.2, 0.25) is 0 Å². The van der Waals surface area contributed by atoms with Gasteiger partial charge in [0.1, 0.15) is 0 Å². The Morgan fingerprint density at radius 1 is 1.53 bits per heavy atom. The number of carbonyl (C=O) groups is 1. The van der Waals surface area contributed by atoms with Crippen LogP contribution in [0.4, 0.5) is 0 Å². The number of fused-ring (bicyclic) bond motifs is 2. The highest BCUT2D eigenvalue weighted by molar-refractivity contribution is 7.14. The average Bonchev–Trinajstić information content (AvgIpc) is 3.12. The van der Waals surface area contributed by atoms with Crippen molar-refractivity contribution in [1.29, 1.82) is 0 Å². The summed E-state index contributed by atoms with van der Waals surface area (Å²) < 4.78 is 5.73. The molecule has 3 rings (SSSR count). The van der Waals surface area contributed by atoms with Gasteiger partial charge >= 0.3 is 0 Å². The molecule has 2 fully saturated rings. The van der Waals surface area contributed by atoms with Crippen LogP contribution in [0.2, 0.25) is 0 Å². The molecule has 4 nitrogen and oxygen atoms in total. The third-order valence-corrected chi connectivity index (χ3v) is 4.57. The van der Waals surface area contributed by atoms with Crippen molar-refractivity contribution in [3.63, 3.8) is 0 Å². The lowest BCUT2D eigenvalue weighted by Crippen LogP contribution is -2.41. The summed E-state index contributed by atoms with van der Waals surface area (Å²) in [5, 5.41) is 3.07. The molecule has 2 aliphatic heterocycles. The molecule has 0 radical (unpaired) electrons. The predicted molar refractivity (Wildman–Crippen MR) is 74.0 cm³/mol. The fourth-order valence-electron chi connectivity index (χ4n) is 2.69. The molecule has 5 heteroatoms. The van der Waals surface area contributed by atoms with E-state index in [0.29, 0.717) is 17.5 Å². The third-order valence-electron chi connectivity index (χ3n) is 3.57. The monoisotopic (exact) mass is 276 g/mol. The highest BCUT2D eigenvalue weighted by atomic mass is 32.1. The van der Waals surface area contributed by atoms with E-state index in [4.69, 9.17) is 10.5 Å². The maximum atomic E-state index is 12.1. The standard InChI is InChI=1S/C14H16N2O2S/c15-7-1-2-10-4-6-13(19-10)14(17)16-11-8-9-3-5-12(11)18-9/h4,6,9,11-12H,3,5,7-8,15H2,(H,16,17). The SMILES string of the molecule is NCC#Cc1ccc(C(=O)NC2CC3CCC2O3)s1. The molecular weight excluding hydrogens is 260 g/mol. The largest absolute Gasteiger partial charge is 0.373 e. The van der Waals surface area contributed by atoms with E-state index >= 15 is 0 Å². The number of thiophene rings is 1. The Morgan fingerprint density at radius 2 is 2.42 bits per heavy atom. The number of hydrogen-bond acceptors (Lipinski definition) is 4. The van der Waals surface area contributed by atoms with Crippen LogP contribution < -0.4 is 11.1 Å². The highest BCUT2D eigenvalue weighted by Gasteiger charge is 2.41. The molecule has 0 aliphatic carbocycles. The van der Waals surface area contributed by atoms with Crippen LogP contribution in [-0.4, -0.2) is 30.7 Å². The van der Waals surface area contributed by atoms with E-state index in [1.54, 1.807) is 0 Å². The van der Waals surface area contributed by atoms with Gasteiger partial charge in [-0.2, -0.15) is 0 Å². The molecule has 2 bridgehead atoms. The van der Waals surface area contributed by atoms with E-state index in [1.807, 2.05) is 12.1 Å². The summed E-state index contributed by atoms with van der Waals surface area (Å²) in [4.78, 5) is 13.7. The van der Waals surface area contributed by atoms with Crippen molar-refractivity contribution in [2.24, 2.45) is 5.73 Å². The van der Waals surface area contributed by atoms with E-state index in [9.17, 15) is 4.79 Å². The summed E-state index contributed by atoms with van der Waals surface area (Å²) in [7, 11) is 0. The van der Waals surface area contributed by atoms with E-state index in [1.165, 1.54) is 11.3 Å². The first-order valence-corrected chi connectivity index (χ1v) is 7.33. The molecule has 1 aromatic rings. The molecule has 3 atom stereocenters. The summed E-state index contributed by atoms with van der Waals surface area (Å²) in [5.74, 6) is 5.71. The first-order valence-electron chi connectivity index (χ1n) is 6.51. The highest BCUT2D eigenvalue weighted by Crippen LogP contribution is 2.34. The number of nitrogens with one attached hydrogen (secondary N) is 1. The molecular formula is C14H16N2O2S. The zero-order chi connectivity index (χ0) is 13.2. The molecule has 3 N–H and O–H groups in total. The number of ether oxygens (including phenoxy) is 1. The van der Waals surface area contributed by atoms with Gasteiger partial charge < -0.3 is 15.8 Å². The van der Waals surface area contributed by atoms with Crippen LogP contribution in [0.15, 0.2) is 12.1 Å². The average molecular weight is 276 g/mol. The summed E-state index contributed by atoms with van der Waals surface area (Å²) in [6.07, 6.45) is 3.71. The van der Waals surface area contributed by atoms with Crippen LogP contribution in [-0.2, 0) is 4.74 Å². The fourth-order valence-corrected chi connectivity index (χ4v) is 3.48. The van der Waals surface area contributed by atoms with Gasteiger partial charge in [0.25, 0.3) is 5.91 Å². The van der Waals surface area contributed by atoms with Crippen LogP contribution in [0.5, 0.6) is 0 Å². The minimum absolute atomic E-state index is 0.0213. The Balaban J connectivity index is 1.62. The molecule has 3 heterocycles. The predicted octanol–water partition coefficient (Wildman–Crippen LogP) is 1.11. The lowest BCUT2D eigenvalue weighted by Gasteiger charge is -2.19. The van der Waals surface area contributed by atoms with Gasteiger partial charge in [0, 0.05) is 0 Å². The van der Waals surface area contributed by atoms with Crippen molar-refractivity contribution >= 4 is 17.2 Å². The first kappa shape index (κ1) is 12.7. The molecule has 3 unspecified atom stereocenters. The molecule has 1 aromatic heterocycles. The lowest BCUT2D eigenvalue weighted by atomic mass is 9.95. The normalized spacial score (nSPS) is 27.9. The molecule has 0 saturated carbocycles. The van der Waals surface area contributed by atoms with Gasteiger partial charge in [0.05, 0.1) is 34.5 Å². The minimum atomic E-state index is -0.0213. The van der Waals surface area contributed by atoms with Gasteiger partial charge in [-0.1, -0.05) is 11.8 Å². The van der Waals surface area contributed by atoms with Crippen molar-refractivity contribution in [1.82, 2.24) is 5.32 Å². The molecule has 2 saturated heterocycles. The number of carbonyl (C=O) groups excluding carboxylic acids is 1. The Bertz CT molecular complexity index is 543. The quantitative estimate of drug-likeness (QED) is 0.795. The summed E-state index contributed by atoms with van der Waals surface area (Å²) >= 11 is 1.40. The van der Waals surface area contributed by atoms with E-state index in [-0.39, 0.29) is 18.1 Å². The van der Waals surface area contributed by atoms with Gasteiger partial charge in [0.15, 0.2) is 0 Å². The fraction of sp³-hybridized carbons (Fsp3) is 0.500. The molecule has 2 aliphatic rings. The molecule has 19 heavy (non-hydrogen) atoms. The molecule has 0 aromatic carbocycles. The zero-order valence-electron chi connectivity index (χ0n) is 10.5. The molecule has 1 amide bonds.